The second-order valence-electron chi connectivity index (χ2n) is 7.38. The van der Waals surface area contributed by atoms with Crippen LogP contribution in [-0.2, 0) is 0 Å². The number of nitrogens with one attached hydrogen (secondary N) is 1. The van der Waals surface area contributed by atoms with E-state index in [1.165, 1.54) is 6.07 Å². The molecule has 1 N–H and O–H groups in total. The lowest BCUT2D eigenvalue weighted by Crippen LogP contribution is -2.48. The molecule has 0 atom stereocenters. The van der Waals surface area contributed by atoms with Gasteiger partial charge in [-0.25, -0.2) is 0 Å². The molecule has 8 nitrogen and oxygen atoms in total. The number of nitro groups is 1. The molecule has 2 aliphatic rings. The Kier molecular flexibility index (Phi) is 5.24. The Morgan fingerprint density at radius 1 is 1.10 bits per heavy atom. The molecule has 8 heteroatoms. The standard InChI is InChI=1S/C21H24N4O4/c1-29-18-7-5-17(6-8-18)23-10-12-24(13-11-23)21(26)15-2-9-19(22-16-3-4-16)20(14-15)25(27)28/h2,5-9,14,16,22H,3-4,10-13H2,1H3. The van der Waals surface area contributed by atoms with Gasteiger partial charge in [-0.1, -0.05) is 0 Å². The summed E-state index contributed by atoms with van der Waals surface area (Å²) in [7, 11) is 1.64. The van der Waals surface area contributed by atoms with Crippen LogP contribution in [0.25, 0.3) is 0 Å². The fourth-order valence-corrected chi connectivity index (χ4v) is 3.53. The van der Waals surface area contributed by atoms with E-state index in [1.54, 1.807) is 24.1 Å². The van der Waals surface area contributed by atoms with Crippen molar-refractivity contribution in [3.8, 4) is 5.75 Å². The van der Waals surface area contributed by atoms with E-state index >= 15 is 0 Å². The van der Waals surface area contributed by atoms with E-state index in [2.05, 4.69) is 10.2 Å². The number of anilines is 2. The zero-order valence-electron chi connectivity index (χ0n) is 16.3. The van der Waals surface area contributed by atoms with Crippen LogP contribution >= 0.6 is 0 Å². The van der Waals surface area contributed by atoms with Gasteiger partial charge >= 0.3 is 0 Å². The maximum atomic E-state index is 12.9. The van der Waals surface area contributed by atoms with E-state index in [1.807, 2.05) is 24.3 Å². The first-order chi connectivity index (χ1) is 14.0. The number of benzene rings is 2. The van der Waals surface area contributed by atoms with Gasteiger partial charge < -0.3 is 19.9 Å². The van der Waals surface area contributed by atoms with Gasteiger partial charge in [-0.05, 0) is 49.2 Å². The highest BCUT2D eigenvalue weighted by Crippen LogP contribution is 2.32. The van der Waals surface area contributed by atoms with E-state index in [-0.39, 0.29) is 11.6 Å². The first-order valence-corrected chi connectivity index (χ1v) is 9.78. The summed E-state index contributed by atoms with van der Waals surface area (Å²) in [5.74, 6) is 0.643. The molecule has 1 saturated carbocycles. The molecule has 0 bridgehead atoms. The summed E-state index contributed by atoms with van der Waals surface area (Å²) in [5, 5.41) is 14.6. The SMILES string of the molecule is COc1ccc(N2CCN(C(=O)c3ccc(NC4CC4)c([N+](=O)[O-])c3)CC2)cc1. The molecule has 1 aliphatic heterocycles. The van der Waals surface area contributed by atoms with Crippen molar-refractivity contribution in [2.45, 2.75) is 18.9 Å². The molecule has 152 valence electrons. The number of piperazine rings is 1. The van der Waals surface area contributed by atoms with Gasteiger partial charge in [-0.15, -0.1) is 0 Å². The third-order valence-corrected chi connectivity index (χ3v) is 5.38. The van der Waals surface area contributed by atoms with Crippen molar-refractivity contribution in [3.05, 3.63) is 58.1 Å². The Balaban J connectivity index is 1.42. The molecule has 2 aromatic rings. The predicted molar refractivity (Wildman–Crippen MR) is 111 cm³/mol. The number of hydrogen-bond acceptors (Lipinski definition) is 6. The third kappa shape index (κ3) is 4.26. The largest absolute Gasteiger partial charge is 0.497 e. The van der Waals surface area contributed by atoms with Crippen LogP contribution in [0.3, 0.4) is 0 Å². The first-order valence-electron chi connectivity index (χ1n) is 9.78. The third-order valence-electron chi connectivity index (χ3n) is 5.38. The summed E-state index contributed by atoms with van der Waals surface area (Å²) in [4.78, 5) is 27.9. The minimum absolute atomic E-state index is 0.0420. The van der Waals surface area contributed by atoms with Crippen LogP contribution in [0.1, 0.15) is 23.2 Å². The summed E-state index contributed by atoms with van der Waals surface area (Å²) in [6.45, 7) is 2.56. The maximum Gasteiger partial charge on any atom is 0.293 e. The monoisotopic (exact) mass is 396 g/mol. The quantitative estimate of drug-likeness (QED) is 0.596. The number of amides is 1. The molecule has 1 aliphatic carbocycles. The van der Waals surface area contributed by atoms with Gasteiger partial charge in [-0.2, -0.15) is 0 Å². The lowest BCUT2D eigenvalue weighted by Gasteiger charge is -2.36. The van der Waals surface area contributed by atoms with E-state index in [0.29, 0.717) is 43.5 Å². The fourth-order valence-electron chi connectivity index (χ4n) is 3.53. The van der Waals surface area contributed by atoms with Gasteiger partial charge in [0.25, 0.3) is 11.6 Å². The summed E-state index contributed by atoms with van der Waals surface area (Å²) >= 11 is 0. The first kappa shape index (κ1) is 19.0. The lowest BCUT2D eigenvalue weighted by atomic mass is 10.1. The molecule has 1 amide bonds. The van der Waals surface area contributed by atoms with Crippen molar-refractivity contribution in [1.29, 1.82) is 0 Å². The minimum atomic E-state index is -0.427. The summed E-state index contributed by atoms with van der Waals surface area (Å²) in [6, 6.07) is 12.9. The number of ether oxygens (including phenoxy) is 1. The minimum Gasteiger partial charge on any atom is -0.497 e. The Morgan fingerprint density at radius 3 is 2.38 bits per heavy atom. The van der Waals surface area contributed by atoms with E-state index in [0.717, 1.165) is 24.3 Å². The summed E-state index contributed by atoms with van der Waals surface area (Å²) in [5.41, 5.74) is 1.89. The summed E-state index contributed by atoms with van der Waals surface area (Å²) < 4.78 is 5.19. The van der Waals surface area contributed by atoms with Gasteiger partial charge in [-0.3, -0.25) is 14.9 Å². The molecular formula is C21H24N4O4. The second-order valence-corrected chi connectivity index (χ2v) is 7.38. The Labute approximate surface area is 169 Å². The normalized spacial score (nSPS) is 16.4. The Hall–Kier alpha value is -3.29. The van der Waals surface area contributed by atoms with Crippen molar-refractivity contribution >= 4 is 23.0 Å². The predicted octanol–water partition coefficient (Wildman–Crippen LogP) is 3.14. The van der Waals surface area contributed by atoms with Crippen molar-refractivity contribution in [2.75, 3.05) is 43.5 Å². The highest BCUT2D eigenvalue weighted by molar-refractivity contribution is 5.96. The van der Waals surface area contributed by atoms with Crippen LogP contribution in [0, 0.1) is 10.1 Å². The molecular weight excluding hydrogens is 372 g/mol. The van der Waals surface area contributed by atoms with Crippen LogP contribution < -0.4 is 15.0 Å². The van der Waals surface area contributed by atoms with Crippen molar-refractivity contribution < 1.29 is 14.5 Å². The summed E-state index contributed by atoms with van der Waals surface area (Å²) in [6.07, 6.45) is 2.05. The van der Waals surface area contributed by atoms with E-state index < -0.39 is 4.92 Å². The highest BCUT2D eigenvalue weighted by atomic mass is 16.6. The molecule has 2 fully saturated rings. The topological polar surface area (TPSA) is 88.0 Å². The molecule has 29 heavy (non-hydrogen) atoms. The number of carbonyl (C=O) groups is 1. The van der Waals surface area contributed by atoms with Crippen LogP contribution in [0.5, 0.6) is 5.75 Å². The zero-order valence-corrected chi connectivity index (χ0v) is 16.3. The van der Waals surface area contributed by atoms with Crippen LogP contribution in [0.2, 0.25) is 0 Å². The number of nitro benzene ring substituents is 1. The van der Waals surface area contributed by atoms with Crippen LogP contribution in [-0.4, -0.2) is 55.1 Å². The Morgan fingerprint density at radius 2 is 1.79 bits per heavy atom. The Bertz CT molecular complexity index is 903. The number of methoxy groups -OCH3 is 1. The van der Waals surface area contributed by atoms with Crippen molar-refractivity contribution in [2.24, 2.45) is 0 Å². The molecule has 0 unspecified atom stereocenters. The van der Waals surface area contributed by atoms with E-state index in [4.69, 9.17) is 4.74 Å². The van der Waals surface area contributed by atoms with Gasteiger partial charge in [0.1, 0.15) is 11.4 Å². The van der Waals surface area contributed by atoms with E-state index in [9.17, 15) is 14.9 Å². The fraction of sp³-hybridized carbons (Fsp3) is 0.381. The molecule has 0 spiro atoms. The van der Waals surface area contributed by atoms with Crippen LogP contribution in [0.15, 0.2) is 42.5 Å². The smallest absolute Gasteiger partial charge is 0.293 e. The van der Waals surface area contributed by atoms with Crippen molar-refractivity contribution in [1.82, 2.24) is 4.90 Å². The lowest BCUT2D eigenvalue weighted by molar-refractivity contribution is -0.384. The van der Waals surface area contributed by atoms with Gasteiger partial charge in [0, 0.05) is 49.5 Å². The second kappa shape index (κ2) is 7.98. The molecule has 2 aromatic carbocycles. The maximum absolute atomic E-state index is 12.9. The van der Waals surface area contributed by atoms with Crippen LogP contribution in [0.4, 0.5) is 17.1 Å². The average molecular weight is 396 g/mol. The number of nitrogens with zero attached hydrogens (tertiary/aromatic N) is 3. The van der Waals surface area contributed by atoms with Gasteiger partial charge in [0.2, 0.25) is 0 Å². The average Bonchev–Trinajstić information content (AvgIpc) is 3.57. The van der Waals surface area contributed by atoms with Gasteiger partial charge in [0.15, 0.2) is 0 Å². The molecule has 0 radical (unpaired) electrons. The number of rotatable bonds is 6. The molecule has 0 aromatic heterocycles. The number of hydrogen-bond donors (Lipinski definition) is 1. The van der Waals surface area contributed by atoms with Crippen molar-refractivity contribution in [3.63, 3.8) is 0 Å². The molecule has 1 heterocycles. The van der Waals surface area contributed by atoms with Gasteiger partial charge in [0.05, 0.1) is 12.0 Å². The number of carbonyl (C=O) groups excluding carboxylic acids is 1. The molecule has 4 rings (SSSR count). The molecule has 1 saturated heterocycles. The zero-order chi connectivity index (χ0) is 20.4. The highest BCUT2D eigenvalue weighted by Gasteiger charge is 2.27.